The number of alkyl halides is 13. The van der Waals surface area contributed by atoms with Crippen LogP contribution in [0.3, 0.4) is 0 Å². The largest absolute Gasteiger partial charge is 1.00 e. The number of phenolic OH excluding ortho intramolecular Hbond substituents is 1. The summed E-state index contributed by atoms with van der Waals surface area (Å²) in [4.78, 5) is 36.3. The zero-order chi connectivity index (χ0) is 103. The molecule has 1 N–H and O–H groups in total. The summed E-state index contributed by atoms with van der Waals surface area (Å²) in [6, 6.07) is 65.6. The summed E-state index contributed by atoms with van der Waals surface area (Å²) in [6.45, 7) is 14.7. The number of carbonyl (C=O) groups is 1. The molecule has 142 heavy (non-hydrogen) atoms. The van der Waals surface area contributed by atoms with E-state index in [1.54, 1.807) is 30.3 Å². The maximum atomic E-state index is 9.14. The minimum atomic E-state index is -2.44. The Kier molecular flexibility index (Phi) is 75.2. The summed E-state index contributed by atoms with van der Waals surface area (Å²) in [5.74, 6) is 2.79. The van der Waals surface area contributed by atoms with Gasteiger partial charge in [-0.25, -0.2) is 29.9 Å². The van der Waals surface area contributed by atoms with Gasteiger partial charge in [0.1, 0.15) is 23.0 Å². The predicted octanol–water partition coefficient (Wildman–Crippen LogP) is 30.6. The van der Waals surface area contributed by atoms with Gasteiger partial charge in [-0.2, -0.15) is 15.8 Å². The molecule has 0 saturated carbocycles. The average Bonchev–Trinajstić information content (AvgIpc) is 0.792. The molecule has 0 fully saturated rings. The number of hydrogen-bond donors (Lipinski definition) is 1. The van der Waals surface area contributed by atoms with E-state index in [0.29, 0.717) is 28.9 Å². The fourth-order valence-electron chi connectivity index (χ4n) is 13.6. The van der Waals surface area contributed by atoms with Gasteiger partial charge in [-0.05, 0) is 188 Å². The number of phenols is 1. The fraction of sp³-hybridized carbons (Fsp3) is 0.402. The summed E-state index contributed by atoms with van der Waals surface area (Å²) >= 11 is 92.9. The molecule has 8 aromatic carbocycles. The summed E-state index contributed by atoms with van der Waals surface area (Å²) in [5, 5.41) is 43.6. The van der Waals surface area contributed by atoms with Gasteiger partial charge in [0, 0.05) is 23.4 Å². The van der Waals surface area contributed by atoms with Crippen LogP contribution in [0.15, 0.2) is 232 Å². The number of allylic oxidation sites excluding steroid dienone is 3. The first-order chi connectivity index (χ1) is 67.2. The van der Waals surface area contributed by atoms with Crippen molar-refractivity contribution in [2.45, 2.75) is 240 Å². The average molecular weight is 2370 g/mol. The second-order valence-electron chi connectivity index (χ2n) is 32.1. The van der Waals surface area contributed by atoms with Gasteiger partial charge in [0.2, 0.25) is 15.2 Å². The Balaban J connectivity index is 0.000000924. The molecule has 0 aliphatic heterocycles. The van der Waals surface area contributed by atoms with Crippen molar-refractivity contribution in [1.29, 1.82) is 15.8 Å². The SMILES string of the molecule is C=CCCCCCCCCCBr.C=CCCCCCCCCCOc1ccc(-c2ccc(-c3nc(C(Cl)(Cl)Cl)nc(C(Cl)(Cl)Cl)n3)cc2)cc1.C=CCCCCCCCCCOc1ccc(-c2ccc(C#N)cc2)cc1.CC#N.ClC(Cl)(Cl)c1nc(-c2ccc(-c3ccc(OCCCCCCCCCCC[Si](Cl)(Cl)Cl)cc3)cc2)nc(C(Cl)(Cl)Cl)n1.N#Cc1ccc(-c2ccc(O)cc2)cc1.O=CO[O-].[H-].[K+].[K+]. The van der Waals surface area contributed by atoms with Gasteiger partial charge in [0.25, 0.3) is 6.47 Å². The van der Waals surface area contributed by atoms with Crippen LogP contribution in [0.1, 0.15) is 255 Å². The number of rotatable bonds is 51. The zero-order valence-electron chi connectivity index (χ0n) is 81.7. The second-order valence-corrected chi connectivity index (χ2v) is 51.3. The van der Waals surface area contributed by atoms with E-state index in [2.05, 4.69) is 94.7 Å². The van der Waals surface area contributed by atoms with Crippen molar-refractivity contribution in [2.24, 2.45) is 0 Å². The molecule has 0 atom stereocenters. The van der Waals surface area contributed by atoms with Crippen LogP contribution in [0.2, 0.25) is 6.04 Å². The number of aromatic nitrogens is 6. The molecule has 0 aliphatic rings. The molecule has 0 bridgehead atoms. The molecule has 35 heteroatoms. The predicted molar refractivity (Wildman–Crippen MR) is 594 cm³/mol. The van der Waals surface area contributed by atoms with E-state index in [4.69, 9.17) is 218 Å². The molecule has 10 rings (SSSR count). The van der Waals surface area contributed by atoms with Crippen molar-refractivity contribution in [3.63, 3.8) is 0 Å². The van der Waals surface area contributed by atoms with Crippen molar-refractivity contribution < 1.29 is 138 Å². The molecule has 0 unspecified atom stereocenters. The van der Waals surface area contributed by atoms with Gasteiger partial charge in [-0.15, -0.1) is 53.0 Å². The fourth-order valence-corrected chi connectivity index (χ4v) is 16.8. The molecule has 0 amide bonds. The first kappa shape index (κ1) is 134. The van der Waals surface area contributed by atoms with Crippen molar-refractivity contribution in [2.75, 3.05) is 25.2 Å². The molecule has 10 aromatic rings. The van der Waals surface area contributed by atoms with Crippen LogP contribution >= 0.6 is 188 Å². The van der Waals surface area contributed by atoms with Crippen molar-refractivity contribution in [1.82, 2.24) is 29.9 Å². The molecule has 16 nitrogen and oxygen atoms in total. The van der Waals surface area contributed by atoms with E-state index in [1.807, 2.05) is 176 Å². The summed E-state index contributed by atoms with van der Waals surface area (Å²) in [7, 11) is 0. The number of carbonyl (C=O) groups excluding carboxylic acids is 1. The quantitative estimate of drug-likeness (QED) is 0.00544. The number of ether oxygens (including phenoxy) is 3. The number of nitrogens with zero attached hydrogens (tertiary/aromatic N) is 9. The third kappa shape index (κ3) is 61.1. The Hall–Kier alpha value is -3.58. The van der Waals surface area contributed by atoms with Crippen LogP contribution in [0.25, 0.3) is 67.3 Å². The van der Waals surface area contributed by atoms with Gasteiger partial charge in [0.05, 0.1) is 49.2 Å². The van der Waals surface area contributed by atoms with E-state index in [9.17, 15) is 0 Å². The Labute approximate surface area is 1010 Å². The number of unbranched alkanes of at least 4 members (excludes halogenated alkanes) is 29. The minimum Gasteiger partial charge on any atom is -1.00 e. The third-order valence-electron chi connectivity index (χ3n) is 21.0. The monoisotopic (exact) mass is 2360 g/mol. The van der Waals surface area contributed by atoms with Gasteiger partial charge >= 0.3 is 109 Å². The van der Waals surface area contributed by atoms with Crippen LogP contribution in [-0.2, 0) is 24.9 Å². The van der Waals surface area contributed by atoms with Crippen LogP contribution in [-0.4, -0.2) is 72.6 Å². The van der Waals surface area contributed by atoms with Gasteiger partial charge < -0.3 is 30.9 Å². The number of nitriles is 3. The number of hydrogen-bond acceptors (Lipinski definition) is 16. The van der Waals surface area contributed by atoms with Gasteiger partial charge in [-0.1, -0.05) is 442 Å². The minimum absolute atomic E-state index is 0. The van der Waals surface area contributed by atoms with Crippen LogP contribution in [0, 0.1) is 34.0 Å². The standard InChI is InChI=1S/C28H30Cl9N3OSi.C28H29Cl6N3O.C24H29NO.C13H9NO.C11H21Br.C2H3N.CH2O3.2K.H/c29-27(30,31)25-38-24(39-26(40-25)28(32,33)34)22-12-10-20(11-13-22)21-14-16-23(17-15-21)41-18-8-6-4-2-1-3-5-7-9-19-42(35,36)37;1-2-3-4-5-6-7-8-9-10-19-38-23-17-15-21(16-18-23)20-11-13-22(14-12-20)24-35-25(27(29,30)31)37-26(36-24)28(32,33)34;1-2-3-4-5-6-7-8-9-10-19-26-24-17-15-23(16-18-24)22-13-11-21(20-25)12-14-22;14-9-10-1-3-11(4-2-10)12-5-7-13(15)8-6-12;1-2-3-4-5-6-7-8-9-10-11-12;1-2-3;2-1-4-3;;;/h10-17H,1-9,18-19H2;2,11-18H,1,3-10,19H2;2,11-18H,1,3-10,19H2;1-8,15H;2H,1,3-11H2;1H3;1,3H;;;/q;;;;;;;2*+1;-1/p-1. The second kappa shape index (κ2) is 79.4. The zero-order valence-corrected chi connectivity index (χ0v) is 101. The molecular weight excluding hydrogens is 2240 g/mol. The van der Waals surface area contributed by atoms with Crippen molar-refractivity contribution in [3.8, 4) is 108 Å². The topological polar surface area (TPSA) is 246 Å². The molecule has 2 aromatic heterocycles. The third-order valence-corrected chi connectivity index (χ3v) is 26.2. The molecule has 2 heterocycles. The molecule has 0 saturated heterocycles. The Bertz CT molecular complexity index is 5180. The van der Waals surface area contributed by atoms with E-state index in [-0.39, 0.29) is 151 Å². The van der Waals surface area contributed by atoms with Crippen LogP contribution in [0.4, 0.5) is 0 Å². The smallest absolute Gasteiger partial charge is 1.00 e. The first-order valence-corrected chi connectivity index (χ1v) is 57.6. The van der Waals surface area contributed by atoms with Crippen LogP contribution < -0.4 is 122 Å². The number of benzene rings is 8. The molecule has 756 valence electrons. The van der Waals surface area contributed by atoms with E-state index in [1.165, 1.54) is 173 Å². The van der Waals surface area contributed by atoms with Crippen molar-refractivity contribution >= 4 is 201 Å². The van der Waals surface area contributed by atoms with E-state index < -0.39 is 21.2 Å². The number of aromatic hydroxyl groups is 1. The molecule has 0 spiro atoms. The Morgan fingerprint density at radius 2 is 0.542 bits per heavy atom. The van der Waals surface area contributed by atoms with E-state index in [0.717, 1.165) is 132 Å². The molecular formula is C107H123BrCl15K2N9O7Si. The summed E-state index contributed by atoms with van der Waals surface area (Å²) in [5.41, 5.74) is 11.0. The van der Waals surface area contributed by atoms with E-state index >= 15 is 0 Å². The first-order valence-electron chi connectivity index (χ1n) is 46.7. The van der Waals surface area contributed by atoms with Crippen molar-refractivity contribution in [3.05, 3.63) is 267 Å². The van der Waals surface area contributed by atoms with Crippen LogP contribution in [0.5, 0.6) is 23.0 Å². The molecule has 0 radical (unpaired) electrons. The Morgan fingerprint density at radius 3 is 0.754 bits per heavy atom. The maximum absolute atomic E-state index is 9.14. The normalized spacial score (nSPS) is 10.8. The van der Waals surface area contributed by atoms with Gasteiger partial charge in [0.15, 0.2) is 34.9 Å². The van der Waals surface area contributed by atoms with Gasteiger partial charge in [-0.3, -0.25) is 4.79 Å². The number of halogens is 16. The Morgan fingerprint density at radius 1 is 0.345 bits per heavy atom. The summed E-state index contributed by atoms with van der Waals surface area (Å²) < 4.78 is 10.0. The molecule has 0 aliphatic carbocycles. The summed E-state index contributed by atoms with van der Waals surface area (Å²) in [6.07, 6.45) is 47.4. The maximum Gasteiger partial charge on any atom is 1.00 e.